The SMILES string of the molecule is COOC(=O)Oc1ccc(OC)cc1.COOC(=O)Oc1ccccc1. The Labute approximate surface area is 149 Å². The fourth-order valence-electron chi connectivity index (χ4n) is 1.49. The monoisotopic (exact) mass is 366 g/mol. The first-order chi connectivity index (χ1) is 12.6. The Balaban J connectivity index is 0.000000263. The molecule has 2 aromatic rings. The molecule has 0 spiro atoms. The van der Waals surface area contributed by atoms with Crippen LogP contribution < -0.4 is 14.2 Å². The molecule has 9 nitrogen and oxygen atoms in total. The van der Waals surface area contributed by atoms with Crippen LogP contribution in [0.5, 0.6) is 17.2 Å². The lowest BCUT2D eigenvalue weighted by Gasteiger charge is -2.03. The molecular weight excluding hydrogens is 348 g/mol. The highest BCUT2D eigenvalue weighted by Crippen LogP contribution is 2.17. The second-order valence-corrected chi connectivity index (χ2v) is 4.19. The van der Waals surface area contributed by atoms with Crippen molar-refractivity contribution in [1.82, 2.24) is 0 Å². The summed E-state index contributed by atoms with van der Waals surface area (Å²) in [5.41, 5.74) is 0. The van der Waals surface area contributed by atoms with Gasteiger partial charge in [0, 0.05) is 0 Å². The summed E-state index contributed by atoms with van der Waals surface area (Å²) in [4.78, 5) is 37.8. The van der Waals surface area contributed by atoms with E-state index in [1.54, 1.807) is 55.6 Å². The van der Waals surface area contributed by atoms with Crippen molar-refractivity contribution in [2.75, 3.05) is 21.3 Å². The van der Waals surface area contributed by atoms with Crippen LogP contribution in [0.25, 0.3) is 0 Å². The largest absolute Gasteiger partial charge is 0.546 e. The Kier molecular flexibility index (Phi) is 9.67. The van der Waals surface area contributed by atoms with E-state index in [1.165, 1.54) is 14.2 Å². The van der Waals surface area contributed by atoms with Crippen LogP contribution in [0.2, 0.25) is 0 Å². The molecule has 0 atom stereocenters. The average Bonchev–Trinajstić information content (AvgIpc) is 2.64. The number of benzene rings is 2. The fourth-order valence-corrected chi connectivity index (χ4v) is 1.49. The van der Waals surface area contributed by atoms with E-state index < -0.39 is 12.3 Å². The Bertz CT molecular complexity index is 656. The molecular formula is C17H18O9. The van der Waals surface area contributed by atoms with E-state index in [1.807, 2.05) is 6.07 Å². The zero-order valence-electron chi connectivity index (χ0n) is 14.4. The first-order valence-electron chi connectivity index (χ1n) is 7.13. The molecule has 0 aliphatic carbocycles. The van der Waals surface area contributed by atoms with E-state index in [0.29, 0.717) is 17.2 Å². The summed E-state index contributed by atoms with van der Waals surface area (Å²) >= 11 is 0. The number of rotatable bonds is 5. The Hall–Kier alpha value is -3.30. The first-order valence-corrected chi connectivity index (χ1v) is 7.13. The van der Waals surface area contributed by atoms with Crippen LogP contribution in [0.3, 0.4) is 0 Å². The Morgan fingerprint density at radius 3 is 1.46 bits per heavy atom. The maximum absolute atomic E-state index is 10.8. The van der Waals surface area contributed by atoms with Gasteiger partial charge in [-0.05, 0) is 36.4 Å². The van der Waals surface area contributed by atoms with Gasteiger partial charge in [-0.15, -0.1) is 0 Å². The molecule has 0 aliphatic rings. The van der Waals surface area contributed by atoms with Crippen LogP contribution in [-0.2, 0) is 19.6 Å². The van der Waals surface area contributed by atoms with Crippen LogP contribution in [0.1, 0.15) is 0 Å². The first kappa shape index (κ1) is 20.7. The van der Waals surface area contributed by atoms with E-state index in [9.17, 15) is 9.59 Å². The van der Waals surface area contributed by atoms with Gasteiger partial charge >= 0.3 is 12.3 Å². The van der Waals surface area contributed by atoms with E-state index in [0.717, 1.165) is 0 Å². The minimum Gasteiger partial charge on any atom is -0.497 e. The van der Waals surface area contributed by atoms with Crippen LogP contribution in [0, 0.1) is 0 Å². The molecule has 0 aliphatic heterocycles. The molecule has 2 rings (SSSR count). The summed E-state index contributed by atoms with van der Waals surface area (Å²) in [7, 11) is 4.00. The second-order valence-electron chi connectivity index (χ2n) is 4.19. The van der Waals surface area contributed by atoms with E-state index >= 15 is 0 Å². The average molecular weight is 366 g/mol. The summed E-state index contributed by atoms with van der Waals surface area (Å²) < 4.78 is 14.3. The smallest absolute Gasteiger partial charge is 0.497 e. The molecule has 2 aromatic carbocycles. The van der Waals surface area contributed by atoms with Gasteiger partial charge < -0.3 is 14.2 Å². The van der Waals surface area contributed by atoms with Crippen molar-refractivity contribution in [1.29, 1.82) is 0 Å². The lowest BCUT2D eigenvalue weighted by molar-refractivity contribution is -0.224. The zero-order valence-corrected chi connectivity index (χ0v) is 14.4. The second kappa shape index (κ2) is 12.1. The van der Waals surface area contributed by atoms with Crippen molar-refractivity contribution in [3.8, 4) is 17.2 Å². The lowest BCUT2D eigenvalue weighted by Crippen LogP contribution is -2.09. The lowest BCUT2D eigenvalue weighted by atomic mass is 10.3. The summed E-state index contributed by atoms with van der Waals surface area (Å²) in [6, 6.07) is 15.1. The zero-order chi connectivity index (χ0) is 19.2. The van der Waals surface area contributed by atoms with Gasteiger partial charge in [-0.25, -0.2) is 9.59 Å². The van der Waals surface area contributed by atoms with Gasteiger partial charge in [0.05, 0.1) is 21.3 Å². The number of carbonyl (C=O) groups is 2. The van der Waals surface area contributed by atoms with E-state index in [-0.39, 0.29) is 0 Å². The summed E-state index contributed by atoms with van der Waals surface area (Å²) in [5, 5.41) is 0. The third-order valence-corrected chi connectivity index (χ3v) is 2.51. The molecule has 0 heterocycles. The highest BCUT2D eigenvalue weighted by atomic mass is 17.2. The molecule has 140 valence electrons. The predicted octanol–water partition coefficient (Wildman–Crippen LogP) is 3.54. The fraction of sp³-hybridized carbons (Fsp3) is 0.176. The number of carbonyl (C=O) groups excluding carboxylic acids is 2. The molecule has 9 heteroatoms. The van der Waals surface area contributed by atoms with Crippen molar-refractivity contribution in [2.24, 2.45) is 0 Å². The van der Waals surface area contributed by atoms with Crippen molar-refractivity contribution >= 4 is 12.3 Å². The van der Waals surface area contributed by atoms with Gasteiger partial charge in [-0.1, -0.05) is 18.2 Å². The van der Waals surface area contributed by atoms with Gasteiger partial charge in [-0.3, -0.25) is 9.78 Å². The van der Waals surface area contributed by atoms with Crippen LogP contribution >= 0.6 is 0 Å². The molecule has 0 amide bonds. The normalized spacial score (nSPS) is 9.19. The molecule has 0 bridgehead atoms. The molecule has 0 fully saturated rings. The van der Waals surface area contributed by atoms with E-state index in [2.05, 4.69) is 24.3 Å². The van der Waals surface area contributed by atoms with E-state index in [4.69, 9.17) is 9.47 Å². The Morgan fingerprint density at radius 1 is 0.615 bits per heavy atom. The number of hydrogen-bond acceptors (Lipinski definition) is 9. The third kappa shape index (κ3) is 8.52. The highest BCUT2D eigenvalue weighted by Gasteiger charge is 2.06. The maximum atomic E-state index is 10.8. The minimum atomic E-state index is -0.919. The molecule has 26 heavy (non-hydrogen) atoms. The number of hydrogen-bond donors (Lipinski definition) is 0. The van der Waals surface area contributed by atoms with Gasteiger partial charge in [0.25, 0.3) is 0 Å². The van der Waals surface area contributed by atoms with Gasteiger partial charge in [0.1, 0.15) is 17.2 Å². The number of methoxy groups -OCH3 is 1. The quantitative estimate of drug-likeness (QED) is 0.340. The Morgan fingerprint density at radius 2 is 1.04 bits per heavy atom. The molecule has 0 N–H and O–H groups in total. The summed E-state index contributed by atoms with van der Waals surface area (Å²) in [6.07, 6.45) is -1.80. The van der Waals surface area contributed by atoms with Crippen LogP contribution in [0.15, 0.2) is 54.6 Å². The topological polar surface area (TPSA) is 98.8 Å². The number of para-hydroxylation sites is 1. The molecule has 0 radical (unpaired) electrons. The summed E-state index contributed by atoms with van der Waals surface area (Å²) in [6.45, 7) is 0. The minimum absolute atomic E-state index is 0.354. The summed E-state index contributed by atoms with van der Waals surface area (Å²) in [5.74, 6) is 1.45. The van der Waals surface area contributed by atoms with Crippen molar-refractivity contribution in [3.63, 3.8) is 0 Å². The molecule has 0 aromatic heterocycles. The van der Waals surface area contributed by atoms with Gasteiger partial charge in [0.15, 0.2) is 0 Å². The van der Waals surface area contributed by atoms with Crippen LogP contribution in [-0.4, -0.2) is 33.6 Å². The molecule has 0 unspecified atom stereocenters. The number of ether oxygens (including phenoxy) is 3. The van der Waals surface area contributed by atoms with Gasteiger partial charge in [0.2, 0.25) is 0 Å². The standard InChI is InChI=1S/C9H10O5.C8H8O4/c1-11-7-3-5-8(6-4-7)13-9(10)14-12-2;1-10-12-8(9)11-7-5-3-2-4-6-7/h3-6H,1-2H3;2-6H,1H3. The van der Waals surface area contributed by atoms with Gasteiger partial charge in [-0.2, -0.15) is 9.78 Å². The molecule has 0 saturated carbocycles. The third-order valence-electron chi connectivity index (χ3n) is 2.51. The maximum Gasteiger partial charge on any atom is 0.546 e. The predicted molar refractivity (Wildman–Crippen MR) is 87.7 cm³/mol. The van der Waals surface area contributed by atoms with Crippen molar-refractivity contribution < 1.29 is 43.3 Å². The highest BCUT2D eigenvalue weighted by molar-refractivity contribution is 5.63. The van der Waals surface area contributed by atoms with Crippen molar-refractivity contribution in [3.05, 3.63) is 54.6 Å². The van der Waals surface area contributed by atoms with Crippen molar-refractivity contribution in [2.45, 2.75) is 0 Å². The van der Waals surface area contributed by atoms with Crippen LogP contribution in [0.4, 0.5) is 9.59 Å². The molecule has 0 saturated heterocycles.